The lowest BCUT2D eigenvalue weighted by Crippen LogP contribution is -2.06. The van der Waals surface area contributed by atoms with Crippen LogP contribution >= 0.6 is 0 Å². The van der Waals surface area contributed by atoms with Gasteiger partial charge >= 0.3 is 5.97 Å². The lowest BCUT2D eigenvalue weighted by Gasteiger charge is -2.11. The van der Waals surface area contributed by atoms with Gasteiger partial charge in [-0.25, -0.2) is 0 Å². The standard InChI is InChI=1S/C18H36O2/c1-3-5-6-7-8-9-10-11-12-13-14-15-17(4-2)16-18(19)20/h17H,3-16H2,1-2H3,(H,19,20). The number of carboxylic acid groups (broad SMARTS) is 1. The number of carbonyl (C=O) groups is 1. The molecule has 0 saturated carbocycles. The third-order valence-electron chi connectivity index (χ3n) is 4.26. The summed E-state index contributed by atoms with van der Waals surface area (Å²) in [6.07, 6.45) is 17.4. The van der Waals surface area contributed by atoms with E-state index in [9.17, 15) is 4.79 Å². The molecule has 0 aliphatic heterocycles. The Hall–Kier alpha value is -0.530. The van der Waals surface area contributed by atoms with Gasteiger partial charge in [-0.15, -0.1) is 0 Å². The molecule has 0 aliphatic carbocycles. The van der Waals surface area contributed by atoms with Gasteiger partial charge in [0.1, 0.15) is 0 Å². The normalized spacial score (nSPS) is 12.5. The van der Waals surface area contributed by atoms with Gasteiger partial charge in [0.05, 0.1) is 0 Å². The van der Waals surface area contributed by atoms with Crippen LogP contribution in [0.5, 0.6) is 0 Å². The Bertz CT molecular complexity index is 213. The number of hydrogen-bond donors (Lipinski definition) is 1. The molecule has 0 aromatic heterocycles. The van der Waals surface area contributed by atoms with Gasteiger partial charge in [-0.1, -0.05) is 90.9 Å². The maximum Gasteiger partial charge on any atom is 0.303 e. The first-order valence-electron chi connectivity index (χ1n) is 8.92. The molecule has 0 heterocycles. The lowest BCUT2D eigenvalue weighted by atomic mass is 9.95. The first-order chi connectivity index (χ1) is 9.70. The summed E-state index contributed by atoms with van der Waals surface area (Å²) in [5.74, 6) is -0.244. The molecule has 0 bridgehead atoms. The van der Waals surface area contributed by atoms with Gasteiger partial charge < -0.3 is 5.11 Å². The molecule has 0 fully saturated rings. The molecule has 0 aromatic carbocycles. The van der Waals surface area contributed by atoms with Crippen molar-refractivity contribution in [2.45, 2.75) is 104 Å². The summed E-state index contributed by atoms with van der Waals surface area (Å²) in [5.41, 5.74) is 0. The van der Waals surface area contributed by atoms with Gasteiger partial charge in [-0.05, 0) is 12.3 Å². The summed E-state index contributed by atoms with van der Waals surface area (Å²) >= 11 is 0. The van der Waals surface area contributed by atoms with E-state index in [1.165, 1.54) is 70.6 Å². The first kappa shape index (κ1) is 19.5. The van der Waals surface area contributed by atoms with Crippen molar-refractivity contribution in [1.29, 1.82) is 0 Å². The number of rotatable bonds is 15. The third-order valence-corrected chi connectivity index (χ3v) is 4.26. The average molecular weight is 284 g/mol. The predicted molar refractivity (Wildman–Crippen MR) is 87.1 cm³/mol. The molecule has 2 nitrogen and oxygen atoms in total. The first-order valence-corrected chi connectivity index (χ1v) is 8.92. The van der Waals surface area contributed by atoms with Crippen molar-refractivity contribution < 1.29 is 9.90 Å². The molecule has 0 rings (SSSR count). The van der Waals surface area contributed by atoms with Crippen LogP contribution in [0.25, 0.3) is 0 Å². The summed E-state index contributed by atoms with van der Waals surface area (Å²) in [6, 6.07) is 0. The fourth-order valence-corrected chi connectivity index (χ4v) is 2.79. The monoisotopic (exact) mass is 284 g/mol. The van der Waals surface area contributed by atoms with Crippen molar-refractivity contribution in [2.24, 2.45) is 5.92 Å². The fraction of sp³-hybridized carbons (Fsp3) is 0.944. The Kier molecular flexibility index (Phi) is 14.5. The van der Waals surface area contributed by atoms with E-state index in [4.69, 9.17) is 5.11 Å². The second-order valence-corrected chi connectivity index (χ2v) is 6.20. The van der Waals surface area contributed by atoms with Gasteiger partial charge in [0, 0.05) is 6.42 Å². The number of hydrogen-bond acceptors (Lipinski definition) is 1. The van der Waals surface area contributed by atoms with Crippen molar-refractivity contribution in [3.63, 3.8) is 0 Å². The Morgan fingerprint density at radius 1 is 0.800 bits per heavy atom. The predicted octanol–water partition coefficient (Wildman–Crippen LogP) is 6.19. The Morgan fingerprint density at radius 3 is 1.65 bits per heavy atom. The van der Waals surface area contributed by atoms with E-state index < -0.39 is 5.97 Å². The smallest absolute Gasteiger partial charge is 0.303 e. The summed E-state index contributed by atoms with van der Waals surface area (Å²) in [5, 5.41) is 8.79. The van der Waals surface area contributed by atoms with Gasteiger partial charge in [0.2, 0.25) is 0 Å². The molecule has 1 atom stereocenters. The average Bonchev–Trinajstić information content (AvgIpc) is 2.43. The van der Waals surface area contributed by atoms with Crippen LogP contribution < -0.4 is 0 Å². The van der Waals surface area contributed by atoms with Crippen LogP contribution in [0.3, 0.4) is 0 Å². The van der Waals surface area contributed by atoms with Gasteiger partial charge in [-0.3, -0.25) is 4.79 Å². The summed E-state index contributed by atoms with van der Waals surface area (Å²) in [4.78, 5) is 10.7. The number of unbranched alkanes of at least 4 members (excludes halogenated alkanes) is 10. The Morgan fingerprint density at radius 2 is 1.25 bits per heavy atom. The van der Waals surface area contributed by atoms with E-state index in [2.05, 4.69) is 13.8 Å². The molecular formula is C18H36O2. The minimum atomic E-state index is -0.639. The molecule has 0 aromatic rings. The number of aliphatic carboxylic acids is 1. The van der Waals surface area contributed by atoms with Crippen LogP contribution in [-0.4, -0.2) is 11.1 Å². The minimum absolute atomic E-state index is 0.355. The van der Waals surface area contributed by atoms with Gasteiger partial charge in [0.25, 0.3) is 0 Å². The van der Waals surface area contributed by atoms with Crippen molar-refractivity contribution in [3.05, 3.63) is 0 Å². The van der Waals surface area contributed by atoms with Crippen LogP contribution in [0.15, 0.2) is 0 Å². The SMILES string of the molecule is CCCCCCCCCCCCCC(CC)CC(=O)O. The van der Waals surface area contributed by atoms with Crippen LogP contribution in [0, 0.1) is 5.92 Å². The maximum absolute atomic E-state index is 10.7. The van der Waals surface area contributed by atoms with Crippen molar-refractivity contribution >= 4 is 5.97 Å². The molecule has 0 saturated heterocycles. The van der Waals surface area contributed by atoms with E-state index in [1.54, 1.807) is 0 Å². The molecule has 20 heavy (non-hydrogen) atoms. The number of carboxylic acids is 1. The van der Waals surface area contributed by atoms with E-state index >= 15 is 0 Å². The molecule has 0 spiro atoms. The topological polar surface area (TPSA) is 37.3 Å². The lowest BCUT2D eigenvalue weighted by molar-refractivity contribution is -0.138. The zero-order chi connectivity index (χ0) is 15.1. The Labute approximate surface area is 126 Å². The molecular weight excluding hydrogens is 248 g/mol. The highest BCUT2D eigenvalue weighted by molar-refractivity contribution is 5.66. The summed E-state index contributed by atoms with van der Waals surface area (Å²) in [6.45, 7) is 4.37. The zero-order valence-corrected chi connectivity index (χ0v) is 13.8. The maximum atomic E-state index is 10.7. The van der Waals surface area contributed by atoms with Crippen molar-refractivity contribution in [2.75, 3.05) is 0 Å². The van der Waals surface area contributed by atoms with Crippen LogP contribution in [0.2, 0.25) is 0 Å². The van der Waals surface area contributed by atoms with E-state index in [0.29, 0.717) is 12.3 Å². The second-order valence-electron chi connectivity index (χ2n) is 6.20. The van der Waals surface area contributed by atoms with Crippen LogP contribution in [-0.2, 0) is 4.79 Å². The molecule has 0 amide bonds. The molecule has 2 heteroatoms. The largest absolute Gasteiger partial charge is 0.481 e. The third kappa shape index (κ3) is 13.9. The summed E-state index contributed by atoms with van der Waals surface area (Å²) in [7, 11) is 0. The molecule has 120 valence electrons. The molecule has 1 unspecified atom stereocenters. The fourth-order valence-electron chi connectivity index (χ4n) is 2.79. The highest BCUT2D eigenvalue weighted by atomic mass is 16.4. The second kappa shape index (κ2) is 14.9. The zero-order valence-electron chi connectivity index (χ0n) is 13.8. The van der Waals surface area contributed by atoms with E-state index in [-0.39, 0.29) is 0 Å². The van der Waals surface area contributed by atoms with E-state index in [0.717, 1.165) is 12.8 Å². The molecule has 1 N–H and O–H groups in total. The van der Waals surface area contributed by atoms with Crippen LogP contribution in [0.1, 0.15) is 104 Å². The van der Waals surface area contributed by atoms with Gasteiger partial charge in [0.15, 0.2) is 0 Å². The van der Waals surface area contributed by atoms with Crippen LogP contribution in [0.4, 0.5) is 0 Å². The highest BCUT2D eigenvalue weighted by Gasteiger charge is 2.10. The molecule has 0 aliphatic rings. The molecule has 0 radical (unpaired) electrons. The van der Waals surface area contributed by atoms with Gasteiger partial charge in [-0.2, -0.15) is 0 Å². The highest BCUT2D eigenvalue weighted by Crippen LogP contribution is 2.18. The summed E-state index contributed by atoms with van der Waals surface area (Å²) < 4.78 is 0. The minimum Gasteiger partial charge on any atom is -0.481 e. The van der Waals surface area contributed by atoms with Crippen molar-refractivity contribution in [3.8, 4) is 0 Å². The van der Waals surface area contributed by atoms with E-state index in [1.807, 2.05) is 0 Å². The Balaban J connectivity index is 3.21. The quantitative estimate of drug-likeness (QED) is 0.364. The van der Waals surface area contributed by atoms with Crippen molar-refractivity contribution in [1.82, 2.24) is 0 Å².